The van der Waals surface area contributed by atoms with Crippen LogP contribution in [0.25, 0.3) is 0 Å². The van der Waals surface area contributed by atoms with Gasteiger partial charge in [-0.2, -0.15) is 0 Å². The summed E-state index contributed by atoms with van der Waals surface area (Å²) in [5, 5.41) is 21.4. The molecule has 0 heterocycles. The molecule has 1 aliphatic carbocycles. The predicted octanol–water partition coefficient (Wildman–Crippen LogP) is 3.36. The smallest absolute Gasteiger partial charge is 0.272 e. The first-order valence-corrected chi connectivity index (χ1v) is 7.17. The number of aliphatic hydroxyl groups is 1. The van der Waals surface area contributed by atoms with Crippen LogP contribution < -0.4 is 0 Å². The minimum atomic E-state index is -0.711. The first kappa shape index (κ1) is 13.8. The molecule has 4 heteroatoms. The number of nitro groups is 1. The van der Waals surface area contributed by atoms with Crippen LogP contribution in [0.1, 0.15) is 34.8 Å². The second-order valence-electron chi connectivity index (χ2n) is 5.49. The van der Waals surface area contributed by atoms with Crippen LogP contribution in [-0.4, -0.2) is 10.0 Å². The molecule has 0 saturated carbocycles. The molecule has 1 unspecified atom stereocenters. The summed E-state index contributed by atoms with van der Waals surface area (Å²) in [4.78, 5) is 10.6. The van der Waals surface area contributed by atoms with E-state index in [2.05, 4.69) is 6.07 Å². The van der Waals surface area contributed by atoms with Gasteiger partial charge >= 0.3 is 0 Å². The molecule has 0 saturated heterocycles. The van der Waals surface area contributed by atoms with Gasteiger partial charge in [-0.05, 0) is 36.0 Å². The van der Waals surface area contributed by atoms with Crippen LogP contribution in [0.15, 0.2) is 42.5 Å². The SMILES string of the molecule is O=[N+]([O-])c1ccccc1CC(O)c1ccc2c(c1)CCC2. The Bertz CT molecular complexity index is 681. The van der Waals surface area contributed by atoms with Gasteiger partial charge in [0.15, 0.2) is 0 Å². The Hall–Kier alpha value is -2.20. The Balaban J connectivity index is 1.83. The zero-order valence-corrected chi connectivity index (χ0v) is 11.7. The van der Waals surface area contributed by atoms with Crippen molar-refractivity contribution in [2.24, 2.45) is 0 Å². The number of para-hydroxylation sites is 1. The molecular formula is C17H17NO3. The third-order valence-electron chi connectivity index (χ3n) is 4.11. The molecule has 0 amide bonds. The van der Waals surface area contributed by atoms with Crippen LogP contribution in [-0.2, 0) is 19.3 Å². The van der Waals surface area contributed by atoms with E-state index < -0.39 is 11.0 Å². The highest BCUT2D eigenvalue weighted by Crippen LogP contribution is 2.28. The van der Waals surface area contributed by atoms with Crippen LogP contribution in [0.3, 0.4) is 0 Å². The zero-order valence-electron chi connectivity index (χ0n) is 11.7. The van der Waals surface area contributed by atoms with Crippen molar-refractivity contribution in [1.82, 2.24) is 0 Å². The third-order valence-corrected chi connectivity index (χ3v) is 4.11. The molecule has 1 atom stereocenters. The van der Waals surface area contributed by atoms with Crippen LogP contribution >= 0.6 is 0 Å². The van der Waals surface area contributed by atoms with Crippen LogP contribution in [0.4, 0.5) is 5.69 Å². The predicted molar refractivity (Wildman–Crippen MR) is 80.2 cm³/mol. The van der Waals surface area contributed by atoms with Gasteiger partial charge < -0.3 is 5.11 Å². The van der Waals surface area contributed by atoms with Gasteiger partial charge in [-0.15, -0.1) is 0 Å². The Morgan fingerprint density at radius 1 is 1.14 bits per heavy atom. The number of hydrogen-bond acceptors (Lipinski definition) is 3. The fourth-order valence-corrected chi connectivity index (χ4v) is 2.99. The highest BCUT2D eigenvalue weighted by atomic mass is 16.6. The van der Waals surface area contributed by atoms with E-state index in [0.29, 0.717) is 5.56 Å². The van der Waals surface area contributed by atoms with Gasteiger partial charge in [0.25, 0.3) is 5.69 Å². The Morgan fingerprint density at radius 3 is 2.71 bits per heavy atom. The van der Waals surface area contributed by atoms with Crippen LogP contribution in [0.5, 0.6) is 0 Å². The van der Waals surface area contributed by atoms with Crippen LogP contribution in [0, 0.1) is 10.1 Å². The lowest BCUT2D eigenvalue weighted by molar-refractivity contribution is -0.385. The van der Waals surface area contributed by atoms with Gasteiger partial charge in [-0.1, -0.05) is 36.4 Å². The van der Waals surface area contributed by atoms with Crippen molar-refractivity contribution < 1.29 is 10.0 Å². The molecule has 0 radical (unpaired) electrons. The first-order valence-electron chi connectivity index (χ1n) is 7.17. The van der Waals surface area contributed by atoms with E-state index in [-0.39, 0.29) is 12.1 Å². The van der Waals surface area contributed by atoms with Gasteiger partial charge in [0, 0.05) is 18.1 Å². The molecule has 21 heavy (non-hydrogen) atoms. The molecule has 0 aliphatic heterocycles. The number of rotatable bonds is 4. The number of fused-ring (bicyclic) bond motifs is 1. The fraction of sp³-hybridized carbons (Fsp3) is 0.294. The largest absolute Gasteiger partial charge is 0.388 e. The Kier molecular flexibility index (Phi) is 3.71. The maximum absolute atomic E-state index is 11.0. The third kappa shape index (κ3) is 2.81. The fourth-order valence-electron chi connectivity index (χ4n) is 2.99. The normalized spacial score (nSPS) is 14.7. The van der Waals surface area contributed by atoms with E-state index in [9.17, 15) is 15.2 Å². The number of hydrogen-bond donors (Lipinski definition) is 1. The minimum Gasteiger partial charge on any atom is -0.388 e. The van der Waals surface area contributed by atoms with Crippen molar-refractivity contribution in [3.05, 3.63) is 74.8 Å². The van der Waals surface area contributed by atoms with Crippen molar-refractivity contribution in [2.75, 3.05) is 0 Å². The highest BCUT2D eigenvalue weighted by Gasteiger charge is 2.19. The van der Waals surface area contributed by atoms with E-state index >= 15 is 0 Å². The summed E-state index contributed by atoms with van der Waals surface area (Å²) in [5.74, 6) is 0. The molecule has 0 fully saturated rings. The number of nitrogens with zero attached hydrogens (tertiary/aromatic N) is 1. The van der Waals surface area contributed by atoms with E-state index in [1.807, 2.05) is 12.1 Å². The summed E-state index contributed by atoms with van der Waals surface area (Å²) in [5.41, 5.74) is 4.13. The summed E-state index contributed by atoms with van der Waals surface area (Å²) in [6.45, 7) is 0. The molecule has 2 aromatic rings. The summed E-state index contributed by atoms with van der Waals surface area (Å²) >= 11 is 0. The lowest BCUT2D eigenvalue weighted by Gasteiger charge is -2.13. The maximum atomic E-state index is 11.0. The van der Waals surface area contributed by atoms with E-state index in [0.717, 1.165) is 18.4 Å². The van der Waals surface area contributed by atoms with Crippen molar-refractivity contribution in [3.8, 4) is 0 Å². The lowest BCUT2D eigenvalue weighted by atomic mass is 9.97. The van der Waals surface area contributed by atoms with Crippen molar-refractivity contribution in [2.45, 2.75) is 31.8 Å². The van der Waals surface area contributed by atoms with E-state index in [1.165, 1.54) is 23.6 Å². The van der Waals surface area contributed by atoms with Gasteiger partial charge in [0.05, 0.1) is 11.0 Å². The molecule has 0 bridgehead atoms. The van der Waals surface area contributed by atoms with Gasteiger partial charge in [0.1, 0.15) is 0 Å². The zero-order chi connectivity index (χ0) is 14.8. The molecule has 1 aliphatic rings. The molecule has 108 valence electrons. The van der Waals surface area contributed by atoms with Gasteiger partial charge in [-0.25, -0.2) is 0 Å². The molecule has 4 nitrogen and oxygen atoms in total. The summed E-state index contributed by atoms with van der Waals surface area (Å²) in [7, 11) is 0. The molecule has 1 N–H and O–H groups in total. The number of aryl methyl sites for hydroxylation is 2. The molecule has 0 aromatic heterocycles. The van der Waals surface area contributed by atoms with Crippen molar-refractivity contribution >= 4 is 5.69 Å². The Morgan fingerprint density at radius 2 is 1.90 bits per heavy atom. The van der Waals surface area contributed by atoms with Gasteiger partial charge in [-0.3, -0.25) is 10.1 Å². The Labute approximate surface area is 123 Å². The molecule has 2 aromatic carbocycles. The second-order valence-corrected chi connectivity index (χ2v) is 5.49. The summed E-state index contributed by atoms with van der Waals surface area (Å²) < 4.78 is 0. The van der Waals surface area contributed by atoms with Crippen LogP contribution in [0.2, 0.25) is 0 Å². The van der Waals surface area contributed by atoms with E-state index in [1.54, 1.807) is 18.2 Å². The second kappa shape index (κ2) is 5.66. The summed E-state index contributed by atoms with van der Waals surface area (Å²) in [6, 6.07) is 12.6. The lowest BCUT2D eigenvalue weighted by Crippen LogP contribution is -2.05. The maximum Gasteiger partial charge on any atom is 0.272 e. The topological polar surface area (TPSA) is 63.4 Å². The highest BCUT2D eigenvalue weighted by molar-refractivity contribution is 5.42. The number of nitro benzene ring substituents is 1. The average molecular weight is 283 g/mol. The first-order chi connectivity index (χ1) is 10.1. The molecule has 3 rings (SSSR count). The van der Waals surface area contributed by atoms with E-state index in [4.69, 9.17) is 0 Å². The number of aliphatic hydroxyl groups excluding tert-OH is 1. The van der Waals surface area contributed by atoms with Gasteiger partial charge in [0.2, 0.25) is 0 Å². The van der Waals surface area contributed by atoms with Crippen molar-refractivity contribution in [3.63, 3.8) is 0 Å². The summed E-state index contributed by atoms with van der Waals surface area (Å²) in [6.07, 6.45) is 2.88. The molecule has 0 spiro atoms. The number of benzene rings is 2. The van der Waals surface area contributed by atoms with Crippen molar-refractivity contribution in [1.29, 1.82) is 0 Å². The quantitative estimate of drug-likeness (QED) is 0.691. The standard InChI is InChI=1S/C17H17NO3/c19-17(11-14-4-1-2-7-16(14)18(20)21)15-9-8-12-5-3-6-13(12)10-15/h1-2,4,7-10,17,19H,3,5-6,11H2. The molecular weight excluding hydrogens is 266 g/mol. The average Bonchev–Trinajstić information content (AvgIpc) is 2.94. The monoisotopic (exact) mass is 283 g/mol. The minimum absolute atomic E-state index is 0.0673.